The van der Waals surface area contributed by atoms with E-state index in [1.54, 1.807) is 24.3 Å². The van der Waals surface area contributed by atoms with Gasteiger partial charge in [-0.15, -0.1) is 0 Å². The van der Waals surface area contributed by atoms with Gasteiger partial charge in [-0.05, 0) is 50.5 Å². The van der Waals surface area contributed by atoms with Crippen molar-refractivity contribution in [2.75, 3.05) is 25.1 Å². The van der Waals surface area contributed by atoms with Crippen molar-refractivity contribution in [1.29, 1.82) is 0 Å². The van der Waals surface area contributed by atoms with Crippen LogP contribution in [0.3, 0.4) is 0 Å². The van der Waals surface area contributed by atoms with Crippen LogP contribution in [0.5, 0.6) is 5.75 Å². The Bertz CT molecular complexity index is 844. The summed E-state index contributed by atoms with van der Waals surface area (Å²) in [6.07, 6.45) is 2.04. The highest BCUT2D eigenvalue weighted by molar-refractivity contribution is 6.04. The molecule has 2 aromatic rings. The zero-order valence-electron chi connectivity index (χ0n) is 16.3. The third-order valence-electron chi connectivity index (χ3n) is 4.65. The molecule has 2 amide bonds. The first kappa shape index (κ1) is 19.9. The molecule has 0 bridgehead atoms. The van der Waals surface area contributed by atoms with E-state index >= 15 is 0 Å². The van der Waals surface area contributed by atoms with Gasteiger partial charge >= 0.3 is 0 Å². The summed E-state index contributed by atoms with van der Waals surface area (Å²) in [7, 11) is 0. The van der Waals surface area contributed by atoms with Gasteiger partial charge in [0.25, 0.3) is 11.8 Å². The number of para-hydroxylation sites is 1. The minimum Gasteiger partial charge on any atom is -0.483 e. The number of hydrogen-bond donors (Lipinski definition) is 2. The van der Waals surface area contributed by atoms with Gasteiger partial charge in [0.2, 0.25) is 0 Å². The molecule has 0 radical (unpaired) electrons. The normalized spacial score (nSPS) is 15.9. The Labute approximate surface area is 165 Å². The first-order valence-electron chi connectivity index (χ1n) is 9.51. The molecule has 1 atom stereocenters. The van der Waals surface area contributed by atoms with Crippen LogP contribution in [0.4, 0.5) is 5.69 Å². The molecule has 0 spiro atoms. The molecule has 3 rings (SSSR count). The van der Waals surface area contributed by atoms with Crippen molar-refractivity contribution in [1.82, 2.24) is 5.32 Å². The van der Waals surface area contributed by atoms with Crippen molar-refractivity contribution >= 4 is 17.5 Å². The molecule has 1 aliphatic rings. The fraction of sp³-hybridized carbons (Fsp3) is 0.364. The van der Waals surface area contributed by atoms with Crippen LogP contribution in [-0.2, 0) is 9.53 Å². The SMILES string of the molecule is Cc1ccc(OCC(=O)Nc2ccccc2C(=O)NCC2CCCO2)c(C)c1. The molecule has 28 heavy (non-hydrogen) atoms. The second-order valence-electron chi connectivity index (χ2n) is 7.00. The van der Waals surface area contributed by atoms with Gasteiger partial charge in [0.05, 0.1) is 17.4 Å². The lowest BCUT2D eigenvalue weighted by Crippen LogP contribution is -2.32. The molecule has 6 heteroatoms. The molecule has 1 aliphatic heterocycles. The van der Waals surface area contributed by atoms with Gasteiger partial charge in [-0.25, -0.2) is 0 Å². The van der Waals surface area contributed by atoms with Crippen LogP contribution in [0.1, 0.15) is 34.3 Å². The van der Waals surface area contributed by atoms with Crippen molar-refractivity contribution < 1.29 is 19.1 Å². The maximum absolute atomic E-state index is 12.5. The summed E-state index contributed by atoms with van der Waals surface area (Å²) >= 11 is 0. The maximum Gasteiger partial charge on any atom is 0.262 e. The fourth-order valence-electron chi connectivity index (χ4n) is 3.19. The standard InChI is InChI=1S/C22H26N2O4/c1-15-9-10-20(16(2)12-15)28-14-21(25)24-19-8-4-3-7-18(19)22(26)23-13-17-6-5-11-27-17/h3-4,7-10,12,17H,5-6,11,13-14H2,1-2H3,(H,23,26)(H,24,25). The first-order valence-corrected chi connectivity index (χ1v) is 9.51. The Morgan fingerprint density at radius 1 is 1.18 bits per heavy atom. The van der Waals surface area contributed by atoms with E-state index in [1.807, 2.05) is 32.0 Å². The van der Waals surface area contributed by atoms with E-state index in [0.29, 0.717) is 23.5 Å². The van der Waals surface area contributed by atoms with Crippen LogP contribution in [0.25, 0.3) is 0 Å². The summed E-state index contributed by atoms with van der Waals surface area (Å²) in [5.74, 6) is 0.115. The zero-order chi connectivity index (χ0) is 19.9. The Balaban J connectivity index is 1.57. The zero-order valence-corrected chi connectivity index (χ0v) is 16.3. The predicted molar refractivity (Wildman–Crippen MR) is 108 cm³/mol. The van der Waals surface area contributed by atoms with E-state index in [1.165, 1.54) is 0 Å². The van der Waals surface area contributed by atoms with Gasteiger partial charge in [0.15, 0.2) is 6.61 Å². The highest BCUT2D eigenvalue weighted by Crippen LogP contribution is 2.19. The summed E-state index contributed by atoms with van der Waals surface area (Å²) in [5, 5.41) is 5.64. The lowest BCUT2D eigenvalue weighted by Gasteiger charge is -2.14. The van der Waals surface area contributed by atoms with E-state index in [-0.39, 0.29) is 24.5 Å². The largest absolute Gasteiger partial charge is 0.483 e. The van der Waals surface area contributed by atoms with Crippen LogP contribution in [0.15, 0.2) is 42.5 Å². The van der Waals surface area contributed by atoms with Crippen molar-refractivity contribution in [2.45, 2.75) is 32.8 Å². The average molecular weight is 382 g/mol. The van der Waals surface area contributed by atoms with E-state index in [2.05, 4.69) is 10.6 Å². The molecule has 1 fully saturated rings. The van der Waals surface area contributed by atoms with Gasteiger partial charge in [-0.1, -0.05) is 29.8 Å². The Morgan fingerprint density at radius 3 is 2.75 bits per heavy atom. The van der Waals surface area contributed by atoms with Gasteiger partial charge in [0.1, 0.15) is 5.75 Å². The van der Waals surface area contributed by atoms with Gasteiger partial charge in [0, 0.05) is 13.2 Å². The second kappa shape index (κ2) is 9.37. The minimum atomic E-state index is -0.320. The van der Waals surface area contributed by atoms with Gasteiger partial charge in [-0.2, -0.15) is 0 Å². The number of hydrogen-bond acceptors (Lipinski definition) is 4. The Hall–Kier alpha value is -2.86. The quantitative estimate of drug-likeness (QED) is 0.771. The molecule has 6 nitrogen and oxygen atoms in total. The molecule has 0 aliphatic carbocycles. The van der Waals surface area contributed by atoms with Crippen molar-refractivity contribution in [2.24, 2.45) is 0 Å². The number of rotatable bonds is 7. The molecule has 2 N–H and O–H groups in total. The number of amides is 2. The smallest absolute Gasteiger partial charge is 0.262 e. The first-order chi connectivity index (χ1) is 13.5. The summed E-state index contributed by atoms with van der Waals surface area (Å²) in [6, 6.07) is 12.7. The molecule has 148 valence electrons. The fourth-order valence-corrected chi connectivity index (χ4v) is 3.19. The van der Waals surface area contributed by atoms with Crippen LogP contribution in [-0.4, -0.2) is 37.7 Å². The molecule has 0 aromatic heterocycles. The number of nitrogens with one attached hydrogen (secondary N) is 2. The molecule has 0 saturated carbocycles. The summed E-state index contributed by atoms with van der Waals surface area (Å²) < 4.78 is 11.1. The highest BCUT2D eigenvalue weighted by Gasteiger charge is 2.18. The van der Waals surface area contributed by atoms with E-state index in [4.69, 9.17) is 9.47 Å². The number of anilines is 1. The second-order valence-corrected chi connectivity index (χ2v) is 7.00. The van der Waals surface area contributed by atoms with Crippen LogP contribution < -0.4 is 15.4 Å². The average Bonchev–Trinajstić information content (AvgIpc) is 3.19. The highest BCUT2D eigenvalue weighted by atomic mass is 16.5. The van der Waals surface area contributed by atoms with E-state index < -0.39 is 0 Å². The van der Waals surface area contributed by atoms with Crippen LogP contribution in [0, 0.1) is 13.8 Å². The molecule has 1 saturated heterocycles. The number of carbonyl (C=O) groups excluding carboxylic acids is 2. The number of aryl methyl sites for hydroxylation is 2. The molecule has 1 unspecified atom stereocenters. The summed E-state index contributed by atoms with van der Waals surface area (Å²) in [4.78, 5) is 24.8. The van der Waals surface area contributed by atoms with E-state index in [0.717, 1.165) is 30.6 Å². The van der Waals surface area contributed by atoms with Gasteiger partial charge in [-0.3, -0.25) is 9.59 Å². The van der Waals surface area contributed by atoms with Crippen LogP contribution in [0.2, 0.25) is 0 Å². The lowest BCUT2D eigenvalue weighted by atomic mass is 10.1. The minimum absolute atomic E-state index is 0.0665. The molecule has 2 aromatic carbocycles. The molecule has 1 heterocycles. The summed E-state index contributed by atoms with van der Waals surface area (Å²) in [5.41, 5.74) is 2.99. The topological polar surface area (TPSA) is 76.7 Å². The van der Waals surface area contributed by atoms with Crippen molar-refractivity contribution in [3.05, 3.63) is 59.2 Å². The maximum atomic E-state index is 12.5. The van der Waals surface area contributed by atoms with E-state index in [9.17, 15) is 9.59 Å². The predicted octanol–water partition coefficient (Wildman–Crippen LogP) is 3.23. The Morgan fingerprint density at radius 2 is 2.00 bits per heavy atom. The lowest BCUT2D eigenvalue weighted by molar-refractivity contribution is -0.118. The third kappa shape index (κ3) is 5.33. The van der Waals surface area contributed by atoms with Crippen LogP contribution >= 0.6 is 0 Å². The molecular weight excluding hydrogens is 356 g/mol. The Kier molecular flexibility index (Phi) is 6.66. The third-order valence-corrected chi connectivity index (χ3v) is 4.65. The number of carbonyl (C=O) groups is 2. The van der Waals surface area contributed by atoms with Gasteiger partial charge < -0.3 is 20.1 Å². The monoisotopic (exact) mass is 382 g/mol. The van der Waals surface area contributed by atoms with Crippen molar-refractivity contribution in [3.8, 4) is 5.75 Å². The number of benzene rings is 2. The number of ether oxygens (including phenoxy) is 2. The van der Waals surface area contributed by atoms with Crippen molar-refractivity contribution in [3.63, 3.8) is 0 Å². The molecular formula is C22H26N2O4. The summed E-state index contributed by atoms with van der Waals surface area (Å²) in [6.45, 7) is 5.03.